The van der Waals surface area contributed by atoms with E-state index < -0.39 is 0 Å². The van der Waals surface area contributed by atoms with Crippen LogP contribution in [0.4, 0.5) is 11.8 Å². The third-order valence-electron chi connectivity index (χ3n) is 3.21. The number of piperidine rings is 1. The Morgan fingerprint density at radius 3 is 2.59 bits per heavy atom. The molecule has 0 unspecified atom stereocenters. The summed E-state index contributed by atoms with van der Waals surface area (Å²) in [5.41, 5.74) is 3.50. The molecule has 1 fully saturated rings. The Labute approximate surface area is 110 Å². The van der Waals surface area contributed by atoms with Crippen LogP contribution in [0.25, 0.3) is 0 Å². The minimum atomic E-state index is 0.645. The molecule has 1 aromatic rings. The van der Waals surface area contributed by atoms with Gasteiger partial charge in [-0.05, 0) is 41.6 Å². The molecule has 6 heteroatoms. The Bertz CT molecular complexity index is 401. The largest absolute Gasteiger partial charge is 0.341 e. The molecule has 0 aliphatic carbocycles. The van der Waals surface area contributed by atoms with Gasteiger partial charge in [-0.25, -0.2) is 10.8 Å². The number of nitrogens with two attached hydrogens (primary N) is 1. The molecule has 1 saturated heterocycles. The summed E-state index contributed by atoms with van der Waals surface area (Å²) in [5, 5.41) is 0. The molecule has 1 aliphatic rings. The van der Waals surface area contributed by atoms with Crippen LogP contribution in [0.2, 0.25) is 0 Å². The van der Waals surface area contributed by atoms with E-state index in [9.17, 15) is 0 Å². The fraction of sp³-hybridized carbons (Fsp3) is 0.636. The molecular formula is C11H18BrN5. The first-order chi connectivity index (χ1) is 8.11. The van der Waals surface area contributed by atoms with Crippen molar-refractivity contribution in [2.75, 3.05) is 23.4 Å². The SMILES string of the molecule is Cc1nc(N2CCC(C)CC2)nc(NN)c1Br. The molecule has 0 aromatic carbocycles. The minimum absolute atomic E-state index is 0.645. The van der Waals surface area contributed by atoms with Crippen LogP contribution in [-0.2, 0) is 0 Å². The molecule has 3 N–H and O–H groups in total. The smallest absolute Gasteiger partial charge is 0.227 e. The van der Waals surface area contributed by atoms with Crippen LogP contribution < -0.4 is 16.2 Å². The predicted molar refractivity (Wildman–Crippen MR) is 72.9 cm³/mol. The number of hydrogen-bond donors (Lipinski definition) is 2. The zero-order valence-electron chi connectivity index (χ0n) is 10.2. The lowest BCUT2D eigenvalue weighted by atomic mass is 10.00. The fourth-order valence-corrected chi connectivity index (χ4v) is 2.28. The van der Waals surface area contributed by atoms with Gasteiger partial charge in [0.25, 0.3) is 0 Å². The van der Waals surface area contributed by atoms with Crippen LogP contribution in [0, 0.1) is 12.8 Å². The maximum atomic E-state index is 5.45. The van der Waals surface area contributed by atoms with Crippen LogP contribution in [0.3, 0.4) is 0 Å². The lowest BCUT2D eigenvalue weighted by Crippen LogP contribution is -2.34. The van der Waals surface area contributed by atoms with E-state index in [2.05, 4.69) is 43.1 Å². The van der Waals surface area contributed by atoms with Crippen LogP contribution in [0.1, 0.15) is 25.5 Å². The Morgan fingerprint density at radius 2 is 2.00 bits per heavy atom. The lowest BCUT2D eigenvalue weighted by molar-refractivity contribution is 0.434. The summed E-state index contributed by atoms with van der Waals surface area (Å²) < 4.78 is 0.828. The maximum absolute atomic E-state index is 5.45. The number of nitrogen functional groups attached to an aromatic ring is 1. The van der Waals surface area contributed by atoms with E-state index in [1.165, 1.54) is 12.8 Å². The minimum Gasteiger partial charge on any atom is -0.341 e. The van der Waals surface area contributed by atoms with Gasteiger partial charge in [-0.15, -0.1) is 0 Å². The highest BCUT2D eigenvalue weighted by atomic mass is 79.9. The van der Waals surface area contributed by atoms with Crippen LogP contribution in [0.15, 0.2) is 4.47 Å². The average molecular weight is 300 g/mol. The molecule has 2 heterocycles. The Morgan fingerprint density at radius 1 is 1.35 bits per heavy atom. The number of rotatable bonds is 2. The van der Waals surface area contributed by atoms with Gasteiger partial charge in [-0.3, -0.25) is 0 Å². The third-order valence-corrected chi connectivity index (χ3v) is 4.16. The van der Waals surface area contributed by atoms with E-state index >= 15 is 0 Å². The molecule has 2 rings (SSSR count). The van der Waals surface area contributed by atoms with Crippen LogP contribution in [-0.4, -0.2) is 23.1 Å². The predicted octanol–water partition coefficient (Wildman–Crippen LogP) is 2.07. The number of nitrogens with one attached hydrogen (secondary N) is 1. The molecule has 17 heavy (non-hydrogen) atoms. The van der Waals surface area contributed by atoms with Gasteiger partial charge < -0.3 is 10.3 Å². The number of aryl methyl sites for hydroxylation is 1. The summed E-state index contributed by atoms with van der Waals surface area (Å²) in [6, 6.07) is 0. The summed E-state index contributed by atoms with van der Waals surface area (Å²) in [6.07, 6.45) is 2.40. The zero-order chi connectivity index (χ0) is 12.4. The second-order valence-corrected chi connectivity index (χ2v) is 5.38. The normalized spacial score (nSPS) is 17.3. The van der Waals surface area contributed by atoms with E-state index in [4.69, 9.17) is 5.84 Å². The lowest BCUT2D eigenvalue weighted by Gasteiger charge is -2.30. The molecule has 0 saturated carbocycles. The highest BCUT2D eigenvalue weighted by Gasteiger charge is 2.19. The second-order valence-electron chi connectivity index (χ2n) is 4.59. The standard InChI is InChI=1S/C11H18BrN5/c1-7-3-5-17(6-4-7)11-14-8(2)9(12)10(15-11)16-13/h7H,3-6,13H2,1-2H3,(H,14,15,16). The topological polar surface area (TPSA) is 67.1 Å². The average Bonchev–Trinajstić information content (AvgIpc) is 2.33. The van der Waals surface area contributed by atoms with E-state index in [1.807, 2.05) is 6.92 Å². The number of halogens is 1. The maximum Gasteiger partial charge on any atom is 0.227 e. The second kappa shape index (κ2) is 5.18. The number of hydrazine groups is 1. The van der Waals surface area contributed by atoms with Crippen molar-refractivity contribution < 1.29 is 0 Å². The summed E-state index contributed by atoms with van der Waals surface area (Å²) in [7, 11) is 0. The van der Waals surface area contributed by atoms with Gasteiger partial charge in [0.15, 0.2) is 5.82 Å². The van der Waals surface area contributed by atoms with E-state index in [0.717, 1.165) is 35.1 Å². The highest BCUT2D eigenvalue weighted by Crippen LogP contribution is 2.27. The molecule has 1 aliphatic heterocycles. The van der Waals surface area contributed by atoms with Gasteiger partial charge in [0.2, 0.25) is 5.95 Å². The Balaban J connectivity index is 2.24. The van der Waals surface area contributed by atoms with Crippen LogP contribution >= 0.6 is 15.9 Å². The van der Waals surface area contributed by atoms with Crippen LogP contribution in [0.5, 0.6) is 0 Å². The highest BCUT2D eigenvalue weighted by molar-refractivity contribution is 9.10. The van der Waals surface area contributed by atoms with E-state index in [-0.39, 0.29) is 0 Å². The van der Waals surface area contributed by atoms with Crippen molar-refractivity contribution in [3.05, 3.63) is 10.2 Å². The van der Waals surface area contributed by atoms with E-state index in [1.54, 1.807) is 0 Å². The molecule has 0 spiro atoms. The van der Waals surface area contributed by atoms with Gasteiger partial charge >= 0.3 is 0 Å². The van der Waals surface area contributed by atoms with E-state index in [0.29, 0.717) is 5.82 Å². The van der Waals surface area contributed by atoms with Gasteiger partial charge in [0.05, 0.1) is 10.2 Å². The molecule has 0 amide bonds. The monoisotopic (exact) mass is 299 g/mol. The third kappa shape index (κ3) is 2.69. The summed E-state index contributed by atoms with van der Waals surface area (Å²) >= 11 is 3.42. The van der Waals surface area contributed by atoms with Crippen molar-refractivity contribution in [1.82, 2.24) is 9.97 Å². The quantitative estimate of drug-likeness (QED) is 0.646. The molecule has 94 valence electrons. The molecule has 0 bridgehead atoms. The number of hydrogen-bond acceptors (Lipinski definition) is 5. The van der Waals surface area contributed by atoms with Crippen molar-refractivity contribution in [2.45, 2.75) is 26.7 Å². The van der Waals surface area contributed by atoms with Crippen molar-refractivity contribution in [3.8, 4) is 0 Å². The number of nitrogens with zero attached hydrogens (tertiary/aromatic N) is 3. The molecular weight excluding hydrogens is 282 g/mol. The molecule has 0 atom stereocenters. The van der Waals surface area contributed by atoms with Crippen molar-refractivity contribution in [3.63, 3.8) is 0 Å². The van der Waals surface area contributed by atoms with Crippen molar-refractivity contribution in [1.29, 1.82) is 0 Å². The Kier molecular flexibility index (Phi) is 3.83. The zero-order valence-corrected chi connectivity index (χ0v) is 11.8. The van der Waals surface area contributed by atoms with Gasteiger partial charge in [-0.1, -0.05) is 6.92 Å². The van der Waals surface area contributed by atoms with Gasteiger partial charge in [-0.2, -0.15) is 4.98 Å². The number of aromatic nitrogens is 2. The molecule has 5 nitrogen and oxygen atoms in total. The van der Waals surface area contributed by atoms with Crippen molar-refractivity contribution in [2.24, 2.45) is 11.8 Å². The summed E-state index contributed by atoms with van der Waals surface area (Å²) in [5.74, 6) is 7.67. The van der Waals surface area contributed by atoms with Gasteiger partial charge in [0.1, 0.15) is 0 Å². The van der Waals surface area contributed by atoms with Crippen molar-refractivity contribution >= 4 is 27.7 Å². The fourth-order valence-electron chi connectivity index (χ4n) is 1.99. The van der Waals surface area contributed by atoms with Gasteiger partial charge in [0, 0.05) is 13.1 Å². The first kappa shape index (κ1) is 12.6. The first-order valence-electron chi connectivity index (χ1n) is 5.87. The summed E-state index contributed by atoms with van der Waals surface area (Å²) in [6.45, 7) is 6.28. The number of anilines is 2. The molecule has 0 radical (unpaired) electrons. The summed E-state index contributed by atoms with van der Waals surface area (Å²) in [4.78, 5) is 11.2. The first-order valence-corrected chi connectivity index (χ1v) is 6.66. The Hall–Kier alpha value is -0.880. The molecule has 1 aromatic heterocycles.